The molecule has 1 saturated carbocycles. The van der Waals surface area contributed by atoms with Gasteiger partial charge in [-0.3, -0.25) is 9.69 Å². The normalized spacial score (nSPS) is 21.4. The number of nitrogens with one attached hydrogen (secondary N) is 1. The van der Waals surface area contributed by atoms with Gasteiger partial charge in [0.25, 0.3) is 0 Å². The van der Waals surface area contributed by atoms with Crippen LogP contribution in [0.1, 0.15) is 30.9 Å². The minimum Gasteiger partial charge on any atom is -0.353 e. The Morgan fingerprint density at radius 2 is 2.10 bits per heavy atom. The van der Waals surface area contributed by atoms with E-state index in [2.05, 4.69) is 34.5 Å². The summed E-state index contributed by atoms with van der Waals surface area (Å²) in [6.45, 7) is 4.41. The second-order valence-corrected chi connectivity index (χ2v) is 6.41. The van der Waals surface area contributed by atoms with Gasteiger partial charge in [0.1, 0.15) is 0 Å². The van der Waals surface area contributed by atoms with Gasteiger partial charge in [-0.2, -0.15) is 0 Å². The van der Waals surface area contributed by atoms with Gasteiger partial charge in [0.05, 0.1) is 6.04 Å². The third-order valence-corrected chi connectivity index (χ3v) is 4.83. The second kappa shape index (κ2) is 6.16. The summed E-state index contributed by atoms with van der Waals surface area (Å²) >= 11 is 0. The minimum absolute atomic E-state index is 0.0928. The van der Waals surface area contributed by atoms with Crippen LogP contribution in [0, 0.1) is 5.92 Å². The number of hydrogen-bond donors (Lipinski definition) is 2. The van der Waals surface area contributed by atoms with Crippen molar-refractivity contribution in [1.82, 2.24) is 10.2 Å². The number of amides is 1. The Labute approximate surface area is 126 Å². The van der Waals surface area contributed by atoms with Crippen LogP contribution >= 0.6 is 0 Å². The molecule has 1 fully saturated rings. The fourth-order valence-corrected chi connectivity index (χ4v) is 3.07. The summed E-state index contributed by atoms with van der Waals surface area (Å²) < 4.78 is 0. The number of rotatable bonds is 5. The fourth-order valence-electron chi connectivity index (χ4n) is 3.07. The molecule has 0 bridgehead atoms. The largest absolute Gasteiger partial charge is 0.353 e. The molecule has 21 heavy (non-hydrogen) atoms. The fraction of sp³-hybridized carbons (Fsp3) is 0.588. The van der Waals surface area contributed by atoms with Gasteiger partial charge in [-0.05, 0) is 43.2 Å². The third kappa shape index (κ3) is 3.44. The van der Waals surface area contributed by atoms with E-state index in [0.29, 0.717) is 12.5 Å². The third-order valence-electron chi connectivity index (χ3n) is 4.83. The van der Waals surface area contributed by atoms with Crippen LogP contribution in [0.25, 0.3) is 0 Å². The van der Waals surface area contributed by atoms with Crippen LogP contribution in [0.5, 0.6) is 0 Å². The number of nitrogens with two attached hydrogens (primary N) is 1. The van der Waals surface area contributed by atoms with Crippen LogP contribution in [-0.2, 0) is 17.8 Å². The highest BCUT2D eigenvalue weighted by Gasteiger charge is 2.30. The van der Waals surface area contributed by atoms with Crippen LogP contribution in [0.15, 0.2) is 24.3 Å². The topological polar surface area (TPSA) is 58.4 Å². The summed E-state index contributed by atoms with van der Waals surface area (Å²) in [6, 6.07) is 8.54. The number of nitrogens with zero attached hydrogens (tertiary/aromatic N) is 1. The van der Waals surface area contributed by atoms with E-state index in [9.17, 15) is 4.79 Å². The zero-order chi connectivity index (χ0) is 14.8. The van der Waals surface area contributed by atoms with Crippen LogP contribution in [0.4, 0.5) is 0 Å². The van der Waals surface area contributed by atoms with E-state index in [1.807, 2.05) is 6.92 Å². The molecule has 4 nitrogen and oxygen atoms in total. The van der Waals surface area contributed by atoms with E-state index in [0.717, 1.165) is 19.5 Å². The average Bonchev–Trinajstić information content (AvgIpc) is 3.36. The molecule has 0 aromatic heterocycles. The van der Waals surface area contributed by atoms with E-state index in [1.165, 1.54) is 24.0 Å². The predicted octanol–water partition coefficient (Wildman–Crippen LogP) is 1.29. The molecule has 4 heteroatoms. The van der Waals surface area contributed by atoms with E-state index in [-0.39, 0.29) is 18.0 Å². The van der Waals surface area contributed by atoms with Crippen LogP contribution < -0.4 is 11.1 Å². The second-order valence-electron chi connectivity index (χ2n) is 6.41. The highest BCUT2D eigenvalue weighted by atomic mass is 16.2. The Hall–Kier alpha value is -1.39. The molecule has 2 unspecified atom stereocenters. The van der Waals surface area contributed by atoms with E-state index < -0.39 is 0 Å². The molecule has 1 aliphatic heterocycles. The van der Waals surface area contributed by atoms with Crippen molar-refractivity contribution in [3.63, 3.8) is 0 Å². The lowest BCUT2D eigenvalue weighted by molar-refractivity contribution is -0.126. The maximum atomic E-state index is 12.3. The van der Waals surface area contributed by atoms with E-state index >= 15 is 0 Å². The number of hydrogen-bond acceptors (Lipinski definition) is 3. The average molecular weight is 287 g/mol. The molecular formula is C17H25N3O. The first kappa shape index (κ1) is 14.5. The predicted molar refractivity (Wildman–Crippen MR) is 83.7 cm³/mol. The molecule has 1 heterocycles. The van der Waals surface area contributed by atoms with Crippen molar-refractivity contribution in [3.8, 4) is 0 Å². The first-order chi connectivity index (χ1) is 10.1. The summed E-state index contributed by atoms with van der Waals surface area (Å²) in [7, 11) is 0. The van der Waals surface area contributed by atoms with Crippen LogP contribution in [-0.4, -0.2) is 36.0 Å². The molecule has 1 aromatic rings. The van der Waals surface area contributed by atoms with Gasteiger partial charge in [0.15, 0.2) is 0 Å². The molecular weight excluding hydrogens is 262 g/mol. The smallest absolute Gasteiger partial charge is 0.237 e. The van der Waals surface area contributed by atoms with Crippen molar-refractivity contribution in [1.29, 1.82) is 0 Å². The van der Waals surface area contributed by atoms with Gasteiger partial charge >= 0.3 is 0 Å². The number of carbonyl (C=O) groups excluding carboxylic acids is 1. The van der Waals surface area contributed by atoms with Crippen molar-refractivity contribution in [2.24, 2.45) is 11.7 Å². The van der Waals surface area contributed by atoms with Crippen molar-refractivity contribution in [2.45, 2.75) is 44.8 Å². The summed E-state index contributed by atoms with van der Waals surface area (Å²) in [5.74, 6) is 0.730. The van der Waals surface area contributed by atoms with Crippen LogP contribution in [0.3, 0.4) is 0 Å². The Kier molecular flexibility index (Phi) is 4.27. The van der Waals surface area contributed by atoms with E-state index in [1.54, 1.807) is 0 Å². The summed E-state index contributed by atoms with van der Waals surface area (Å²) in [6.07, 6.45) is 3.46. The monoisotopic (exact) mass is 287 g/mol. The molecule has 0 saturated heterocycles. The van der Waals surface area contributed by atoms with Crippen molar-refractivity contribution in [2.75, 3.05) is 13.1 Å². The molecule has 2 atom stereocenters. The first-order valence-corrected chi connectivity index (χ1v) is 7.99. The van der Waals surface area contributed by atoms with Gasteiger partial charge in [0.2, 0.25) is 5.91 Å². The van der Waals surface area contributed by atoms with Gasteiger partial charge in [-0.15, -0.1) is 0 Å². The number of fused-ring (bicyclic) bond motifs is 1. The Bertz CT molecular complexity index is 513. The van der Waals surface area contributed by atoms with Gasteiger partial charge in [0, 0.05) is 25.7 Å². The standard InChI is InChI=1S/C17H25N3O/c1-12(17(21)19-10-16(18)14-6-7-14)20-9-8-13-4-2-3-5-15(13)11-20/h2-5,12,14,16H,6-11,18H2,1H3,(H,19,21). The highest BCUT2D eigenvalue weighted by molar-refractivity contribution is 5.81. The highest BCUT2D eigenvalue weighted by Crippen LogP contribution is 2.31. The van der Waals surface area contributed by atoms with Gasteiger partial charge < -0.3 is 11.1 Å². The van der Waals surface area contributed by atoms with Crippen molar-refractivity contribution in [3.05, 3.63) is 35.4 Å². The molecule has 1 amide bonds. The molecule has 1 aromatic carbocycles. The Morgan fingerprint density at radius 3 is 2.81 bits per heavy atom. The SMILES string of the molecule is CC(C(=O)NCC(N)C1CC1)N1CCc2ccccc2C1. The summed E-state index contributed by atoms with van der Waals surface area (Å²) in [5.41, 5.74) is 8.80. The lowest BCUT2D eigenvalue weighted by atomic mass is 9.99. The lowest BCUT2D eigenvalue weighted by Crippen LogP contribution is -2.49. The maximum Gasteiger partial charge on any atom is 0.237 e. The molecule has 3 rings (SSSR count). The minimum atomic E-state index is -0.0928. The first-order valence-electron chi connectivity index (χ1n) is 7.99. The molecule has 114 valence electrons. The van der Waals surface area contributed by atoms with Crippen molar-refractivity contribution < 1.29 is 4.79 Å². The molecule has 2 aliphatic rings. The molecule has 3 N–H and O–H groups in total. The number of carbonyl (C=O) groups is 1. The quantitative estimate of drug-likeness (QED) is 0.858. The van der Waals surface area contributed by atoms with E-state index in [4.69, 9.17) is 5.73 Å². The lowest BCUT2D eigenvalue weighted by Gasteiger charge is -2.33. The number of benzene rings is 1. The van der Waals surface area contributed by atoms with Crippen LogP contribution in [0.2, 0.25) is 0 Å². The molecule has 1 aliphatic carbocycles. The van der Waals surface area contributed by atoms with Gasteiger partial charge in [-0.25, -0.2) is 0 Å². The zero-order valence-electron chi connectivity index (χ0n) is 12.7. The summed E-state index contributed by atoms with van der Waals surface area (Å²) in [4.78, 5) is 14.5. The molecule has 0 radical (unpaired) electrons. The zero-order valence-corrected chi connectivity index (χ0v) is 12.7. The maximum absolute atomic E-state index is 12.3. The summed E-state index contributed by atoms with van der Waals surface area (Å²) in [5, 5.41) is 3.02. The molecule has 0 spiro atoms. The Morgan fingerprint density at radius 1 is 1.38 bits per heavy atom. The van der Waals surface area contributed by atoms with Gasteiger partial charge in [-0.1, -0.05) is 24.3 Å². The Balaban J connectivity index is 1.53. The van der Waals surface area contributed by atoms with Crippen molar-refractivity contribution >= 4 is 5.91 Å².